The third-order valence-electron chi connectivity index (χ3n) is 3.73. The van der Waals surface area contributed by atoms with Crippen LogP contribution in [0.1, 0.15) is 31.2 Å². The van der Waals surface area contributed by atoms with E-state index in [1.807, 2.05) is 19.1 Å². The maximum atomic E-state index is 4.58. The van der Waals surface area contributed by atoms with Gasteiger partial charge in [0.05, 0.1) is 0 Å². The van der Waals surface area contributed by atoms with E-state index in [1.54, 1.807) is 4.52 Å². The number of aromatic nitrogens is 4. The topological polar surface area (TPSA) is 55.1 Å². The minimum atomic E-state index is 0.370. The van der Waals surface area contributed by atoms with Crippen LogP contribution >= 0.6 is 0 Å². The van der Waals surface area contributed by atoms with Gasteiger partial charge in [0.15, 0.2) is 11.5 Å². The first-order valence-corrected chi connectivity index (χ1v) is 7.76. The van der Waals surface area contributed by atoms with Gasteiger partial charge in [-0.3, -0.25) is 0 Å². The van der Waals surface area contributed by atoms with E-state index in [9.17, 15) is 0 Å². The van der Waals surface area contributed by atoms with Crippen molar-refractivity contribution in [2.45, 2.75) is 39.2 Å². The molecule has 2 aromatic heterocycles. The molecule has 1 atom stereocenters. The summed E-state index contributed by atoms with van der Waals surface area (Å²) in [4.78, 5) is 0. The van der Waals surface area contributed by atoms with Gasteiger partial charge in [0.1, 0.15) is 5.82 Å². The van der Waals surface area contributed by atoms with Crippen LogP contribution in [-0.4, -0.2) is 25.9 Å². The predicted molar refractivity (Wildman–Crippen MR) is 88.0 cm³/mol. The summed E-state index contributed by atoms with van der Waals surface area (Å²) in [6.45, 7) is 4.12. The van der Waals surface area contributed by atoms with E-state index >= 15 is 0 Å². The molecule has 22 heavy (non-hydrogen) atoms. The SMILES string of the molecule is CCCC(Cc1ccccc1)Nc1ccc2nnc(C)n2n1. The smallest absolute Gasteiger partial charge is 0.178 e. The molecule has 0 aliphatic carbocycles. The number of anilines is 1. The fourth-order valence-corrected chi connectivity index (χ4v) is 2.65. The Hall–Kier alpha value is -2.43. The number of nitrogens with one attached hydrogen (secondary N) is 1. The zero-order valence-electron chi connectivity index (χ0n) is 13.0. The van der Waals surface area contributed by atoms with Gasteiger partial charge in [-0.1, -0.05) is 43.7 Å². The lowest BCUT2D eigenvalue weighted by atomic mass is 10.0. The second-order valence-corrected chi connectivity index (χ2v) is 5.56. The molecule has 0 aliphatic heterocycles. The summed E-state index contributed by atoms with van der Waals surface area (Å²) < 4.78 is 1.77. The Morgan fingerprint density at radius 1 is 1.09 bits per heavy atom. The van der Waals surface area contributed by atoms with Crippen molar-refractivity contribution in [3.05, 3.63) is 53.9 Å². The Morgan fingerprint density at radius 2 is 1.91 bits per heavy atom. The molecule has 0 amide bonds. The average molecular weight is 295 g/mol. The van der Waals surface area contributed by atoms with Crippen molar-refractivity contribution in [2.24, 2.45) is 0 Å². The molecule has 1 N–H and O–H groups in total. The molecule has 114 valence electrons. The van der Waals surface area contributed by atoms with Crippen LogP contribution in [0.5, 0.6) is 0 Å². The highest BCUT2D eigenvalue weighted by Gasteiger charge is 2.11. The van der Waals surface area contributed by atoms with Crippen molar-refractivity contribution in [2.75, 3.05) is 5.32 Å². The molecule has 0 fully saturated rings. The first-order chi connectivity index (χ1) is 10.8. The number of fused-ring (bicyclic) bond motifs is 1. The Bertz CT molecular complexity index is 735. The highest BCUT2D eigenvalue weighted by atomic mass is 15.4. The number of hydrogen-bond acceptors (Lipinski definition) is 4. The normalized spacial score (nSPS) is 12.5. The first-order valence-electron chi connectivity index (χ1n) is 7.76. The molecule has 5 heteroatoms. The van der Waals surface area contributed by atoms with Crippen molar-refractivity contribution in [3.63, 3.8) is 0 Å². The summed E-state index contributed by atoms with van der Waals surface area (Å²) in [5.74, 6) is 1.67. The van der Waals surface area contributed by atoms with Gasteiger partial charge < -0.3 is 5.32 Å². The number of aryl methyl sites for hydroxylation is 1. The van der Waals surface area contributed by atoms with E-state index in [0.29, 0.717) is 6.04 Å². The molecule has 1 aromatic carbocycles. The summed E-state index contributed by atoms with van der Waals surface area (Å²) in [6.07, 6.45) is 3.24. The molecule has 0 spiro atoms. The maximum absolute atomic E-state index is 4.58. The lowest BCUT2D eigenvalue weighted by molar-refractivity contribution is 0.632. The van der Waals surface area contributed by atoms with E-state index in [1.165, 1.54) is 5.56 Å². The van der Waals surface area contributed by atoms with Crippen molar-refractivity contribution >= 4 is 11.5 Å². The van der Waals surface area contributed by atoms with Crippen LogP contribution in [0.2, 0.25) is 0 Å². The highest BCUT2D eigenvalue weighted by Crippen LogP contribution is 2.14. The van der Waals surface area contributed by atoms with Gasteiger partial charge in [0, 0.05) is 6.04 Å². The van der Waals surface area contributed by atoms with E-state index < -0.39 is 0 Å². The standard InChI is InChI=1S/C17H21N5/c1-3-7-15(12-14-8-5-4-6-9-14)18-16-10-11-17-20-19-13(2)22(17)21-16/h4-6,8-11,15H,3,7,12H2,1-2H3,(H,18,21). The van der Waals surface area contributed by atoms with Crippen LogP contribution in [0, 0.1) is 6.92 Å². The lowest BCUT2D eigenvalue weighted by Gasteiger charge is -2.19. The van der Waals surface area contributed by atoms with Crippen molar-refractivity contribution < 1.29 is 0 Å². The van der Waals surface area contributed by atoms with Gasteiger partial charge in [0.25, 0.3) is 0 Å². The Balaban J connectivity index is 1.78. The number of benzene rings is 1. The Kier molecular flexibility index (Phi) is 4.32. The van der Waals surface area contributed by atoms with Crippen LogP contribution in [0.15, 0.2) is 42.5 Å². The molecule has 0 bridgehead atoms. The van der Waals surface area contributed by atoms with Crippen molar-refractivity contribution in [3.8, 4) is 0 Å². The van der Waals surface area contributed by atoms with E-state index in [2.05, 4.69) is 57.9 Å². The van der Waals surface area contributed by atoms with Crippen LogP contribution in [0.25, 0.3) is 5.65 Å². The van der Waals surface area contributed by atoms with Crippen molar-refractivity contribution in [1.29, 1.82) is 0 Å². The van der Waals surface area contributed by atoms with E-state index in [4.69, 9.17) is 0 Å². The van der Waals surface area contributed by atoms with Crippen LogP contribution in [-0.2, 0) is 6.42 Å². The molecule has 0 saturated carbocycles. The monoisotopic (exact) mass is 295 g/mol. The largest absolute Gasteiger partial charge is 0.366 e. The number of hydrogen-bond donors (Lipinski definition) is 1. The van der Waals surface area contributed by atoms with Gasteiger partial charge in [0.2, 0.25) is 0 Å². The first kappa shape index (κ1) is 14.5. The molecule has 0 saturated heterocycles. The quantitative estimate of drug-likeness (QED) is 0.758. The second-order valence-electron chi connectivity index (χ2n) is 5.56. The van der Waals surface area contributed by atoms with Crippen molar-refractivity contribution in [1.82, 2.24) is 19.8 Å². The summed E-state index contributed by atoms with van der Waals surface area (Å²) in [5, 5.41) is 16.2. The van der Waals surface area contributed by atoms with Crippen LogP contribution in [0.4, 0.5) is 5.82 Å². The van der Waals surface area contributed by atoms with E-state index in [-0.39, 0.29) is 0 Å². The summed E-state index contributed by atoms with van der Waals surface area (Å²) in [7, 11) is 0. The van der Waals surface area contributed by atoms with E-state index in [0.717, 1.165) is 36.6 Å². The Labute approximate surface area is 130 Å². The summed E-state index contributed by atoms with van der Waals surface area (Å²) >= 11 is 0. The van der Waals surface area contributed by atoms with Gasteiger partial charge in [-0.2, -0.15) is 4.52 Å². The number of rotatable bonds is 6. The maximum Gasteiger partial charge on any atom is 0.178 e. The molecule has 3 aromatic rings. The third-order valence-corrected chi connectivity index (χ3v) is 3.73. The zero-order valence-corrected chi connectivity index (χ0v) is 13.0. The Morgan fingerprint density at radius 3 is 2.68 bits per heavy atom. The molecule has 2 heterocycles. The van der Waals surface area contributed by atoms with Crippen LogP contribution < -0.4 is 5.32 Å². The fourth-order valence-electron chi connectivity index (χ4n) is 2.65. The predicted octanol–water partition coefficient (Wildman–Crippen LogP) is 3.26. The second kappa shape index (κ2) is 6.56. The lowest BCUT2D eigenvalue weighted by Crippen LogP contribution is -2.23. The number of nitrogens with zero attached hydrogens (tertiary/aromatic N) is 4. The van der Waals surface area contributed by atoms with Gasteiger partial charge in [-0.15, -0.1) is 15.3 Å². The summed E-state index contributed by atoms with van der Waals surface area (Å²) in [6, 6.07) is 14.9. The molecule has 3 rings (SSSR count). The van der Waals surface area contributed by atoms with Crippen LogP contribution in [0.3, 0.4) is 0 Å². The minimum Gasteiger partial charge on any atom is -0.366 e. The van der Waals surface area contributed by atoms with Gasteiger partial charge in [-0.25, -0.2) is 0 Å². The average Bonchev–Trinajstić information content (AvgIpc) is 2.90. The minimum absolute atomic E-state index is 0.370. The molecule has 5 nitrogen and oxygen atoms in total. The zero-order chi connectivity index (χ0) is 15.4. The summed E-state index contributed by atoms with van der Waals surface area (Å²) in [5.41, 5.74) is 2.12. The highest BCUT2D eigenvalue weighted by molar-refractivity contribution is 5.44. The molecule has 0 aliphatic rings. The van der Waals surface area contributed by atoms with Gasteiger partial charge in [-0.05, 0) is 37.5 Å². The molecular formula is C17H21N5. The molecule has 1 unspecified atom stereocenters. The van der Waals surface area contributed by atoms with Gasteiger partial charge >= 0.3 is 0 Å². The third kappa shape index (κ3) is 3.24. The molecule has 0 radical (unpaired) electrons. The molecular weight excluding hydrogens is 274 g/mol. The fraction of sp³-hybridized carbons (Fsp3) is 0.353.